The Bertz CT molecular complexity index is 515. The Labute approximate surface area is 162 Å². The molecule has 0 radical (unpaired) electrons. The Kier molecular flexibility index (Phi) is 7.11. The maximum Gasteiger partial charge on any atom is 0.223 e. The van der Waals surface area contributed by atoms with Gasteiger partial charge in [0.15, 0.2) is 0 Å². The fourth-order valence-corrected chi connectivity index (χ4v) is 4.80. The molecule has 3 N–H and O–H groups in total. The second kappa shape index (κ2) is 9.34. The van der Waals surface area contributed by atoms with Gasteiger partial charge in [-0.2, -0.15) is 0 Å². The lowest BCUT2D eigenvalue weighted by Gasteiger charge is -2.32. The van der Waals surface area contributed by atoms with Crippen molar-refractivity contribution in [2.45, 2.75) is 57.0 Å². The molecule has 0 unspecified atom stereocenters. The molecule has 3 saturated heterocycles. The van der Waals surface area contributed by atoms with E-state index in [0.29, 0.717) is 19.4 Å². The number of nitrogens with two attached hydrogens (primary N) is 1. The summed E-state index contributed by atoms with van der Waals surface area (Å²) < 4.78 is 0. The summed E-state index contributed by atoms with van der Waals surface area (Å²) in [6, 6.07) is 0. The van der Waals surface area contributed by atoms with Crippen LogP contribution in [0, 0.1) is 5.92 Å². The minimum atomic E-state index is -0.643. The first-order valence-electron chi connectivity index (χ1n) is 10.7. The summed E-state index contributed by atoms with van der Waals surface area (Å²) in [5, 5.41) is 11.0. The van der Waals surface area contributed by atoms with Crippen LogP contribution in [-0.4, -0.2) is 89.6 Å². The third-order valence-corrected chi connectivity index (χ3v) is 6.62. The molecular formula is C20H36N4O3. The normalized spacial score (nSPS) is 29.0. The van der Waals surface area contributed by atoms with Gasteiger partial charge in [0, 0.05) is 38.5 Å². The second-order valence-electron chi connectivity index (χ2n) is 8.71. The van der Waals surface area contributed by atoms with E-state index in [-0.39, 0.29) is 17.7 Å². The van der Waals surface area contributed by atoms with Crippen LogP contribution in [0.5, 0.6) is 0 Å². The molecule has 3 aliphatic rings. The molecule has 3 aliphatic heterocycles. The van der Waals surface area contributed by atoms with Crippen LogP contribution in [0.4, 0.5) is 0 Å². The molecule has 7 nitrogen and oxygen atoms in total. The Hall–Kier alpha value is -1.18. The zero-order valence-corrected chi connectivity index (χ0v) is 16.6. The third-order valence-electron chi connectivity index (χ3n) is 6.62. The number of amides is 2. The van der Waals surface area contributed by atoms with E-state index in [1.54, 1.807) is 0 Å². The molecule has 0 bridgehead atoms. The number of aliphatic hydroxyl groups is 1. The summed E-state index contributed by atoms with van der Waals surface area (Å²) in [4.78, 5) is 30.5. The molecule has 1 atom stereocenters. The highest BCUT2D eigenvalue weighted by Crippen LogP contribution is 2.25. The number of hydrogen-bond acceptors (Lipinski definition) is 5. The fraction of sp³-hybridized carbons (Fsp3) is 0.900. The number of nitrogens with zero attached hydrogens (tertiary/aromatic N) is 3. The van der Waals surface area contributed by atoms with Gasteiger partial charge < -0.3 is 25.5 Å². The Morgan fingerprint density at radius 3 is 2.30 bits per heavy atom. The maximum absolute atomic E-state index is 12.7. The van der Waals surface area contributed by atoms with Crippen LogP contribution in [0.15, 0.2) is 0 Å². The number of likely N-dealkylation sites (tertiary alicyclic amines) is 3. The first-order chi connectivity index (χ1) is 13.0. The molecule has 3 rings (SSSR count). The average molecular weight is 381 g/mol. The minimum absolute atomic E-state index is 0.00385. The molecule has 154 valence electrons. The summed E-state index contributed by atoms with van der Waals surface area (Å²) in [6.07, 6.45) is 6.93. The minimum Gasteiger partial charge on any atom is -0.388 e. The Morgan fingerprint density at radius 2 is 1.63 bits per heavy atom. The highest BCUT2D eigenvalue weighted by atomic mass is 16.3. The van der Waals surface area contributed by atoms with Gasteiger partial charge in [-0.15, -0.1) is 0 Å². The summed E-state index contributed by atoms with van der Waals surface area (Å²) in [5.41, 5.74) is 4.74. The van der Waals surface area contributed by atoms with Crippen LogP contribution in [0.2, 0.25) is 0 Å². The van der Waals surface area contributed by atoms with Gasteiger partial charge in [0.2, 0.25) is 11.8 Å². The molecule has 0 aliphatic carbocycles. The van der Waals surface area contributed by atoms with E-state index in [1.165, 1.54) is 12.8 Å². The zero-order chi connectivity index (χ0) is 19.3. The molecule has 3 heterocycles. The second-order valence-corrected chi connectivity index (χ2v) is 8.71. The van der Waals surface area contributed by atoms with Gasteiger partial charge in [0.1, 0.15) is 0 Å². The summed E-state index contributed by atoms with van der Waals surface area (Å²) in [5.74, 6) is -0.00926. The molecule has 0 aromatic heterocycles. The van der Waals surface area contributed by atoms with Gasteiger partial charge in [-0.1, -0.05) is 0 Å². The SMILES string of the molecule is NC(=O)C1CCN(CCC(=O)N2CCC[C@@](O)(CN3CCCC3)CC2)CC1. The van der Waals surface area contributed by atoms with Crippen molar-refractivity contribution < 1.29 is 14.7 Å². The van der Waals surface area contributed by atoms with E-state index < -0.39 is 5.60 Å². The molecule has 27 heavy (non-hydrogen) atoms. The van der Waals surface area contributed by atoms with Crippen molar-refractivity contribution in [3.05, 3.63) is 0 Å². The first kappa shape index (κ1) is 20.6. The van der Waals surface area contributed by atoms with E-state index in [4.69, 9.17) is 5.73 Å². The van der Waals surface area contributed by atoms with E-state index >= 15 is 0 Å². The molecule has 3 fully saturated rings. The number of primary amides is 1. The van der Waals surface area contributed by atoms with Crippen molar-refractivity contribution in [3.8, 4) is 0 Å². The Morgan fingerprint density at radius 1 is 0.926 bits per heavy atom. The summed E-state index contributed by atoms with van der Waals surface area (Å²) >= 11 is 0. The van der Waals surface area contributed by atoms with Gasteiger partial charge >= 0.3 is 0 Å². The van der Waals surface area contributed by atoms with Gasteiger partial charge in [-0.3, -0.25) is 9.59 Å². The van der Waals surface area contributed by atoms with Crippen molar-refractivity contribution in [1.29, 1.82) is 0 Å². The maximum atomic E-state index is 12.7. The molecule has 0 saturated carbocycles. The third kappa shape index (κ3) is 5.90. The number of carbonyl (C=O) groups excluding carboxylic acids is 2. The number of piperidine rings is 1. The summed E-state index contributed by atoms with van der Waals surface area (Å²) in [7, 11) is 0. The smallest absolute Gasteiger partial charge is 0.223 e. The topological polar surface area (TPSA) is 90.1 Å². The van der Waals surface area contributed by atoms with Crippen LogP contribution in [0.25, 0.3) is 0 Å². The Balaban J connectivity index is 1.39. The largest absolute Gasteiger partial charge is 0.388 e. The van der Waals surface area contributed by atoms with E-state index in [9.17, 15) is 14.7 Å². The van der Waals surface area contributed by atoms with Crippen LogP contribution in [0.1, 0.15) is 51.4 Å². The number of hydrogen-bond donors (Lipinski definition) is 2. The predicted octanol–water partition coefficient (Wildman–Crippen LogP) is 0.413. The lowest BCUT2D eigenvalue weighted by molar-refractivity contribution is -0.132. The van der Waals surface area contributed by atoms with Crippen molar-refractivity contribution >= 4 is 11.8 Å². The standard InChI is InChI=1S/C20H36N4O3/c21-19(26)17-4-12-22(13-5-17)14-6-18(25)24-11-3-7-20(27,8-15-24)16-23-9-1-2-10-23/h17,27H,1-16H2,(H2,21,26)/t20-/m0/s1. The van der Waals surface area contributed by atoms with E-state index in [2.05, 4.69) is 9.80 Å². The van der Waals surface area contributed by atoms with Crippen LogP contribution in [-0.2, 0) is 9.59 Å². The zero-order valence-electron chi connectivity index (χ0n) is 16.6. The average Bonchev–Trinajstić information content (AvgIpc) is 3.07. The van der Waals surface area contributed by atoms with Crippen molar-refractivity contribution in [3.63, 3.8) is 0 Å². The van der Waals surface area contributed by atoms with Gasteiger partial charge in [0.25, 0.3) is 0 Å². The number of β-amino-alcohol motifs (C(OH)–C–C–N with tert-alkyl or cyclic N) is 1. The lowest BCUT2D eigenvalue weighted by Crippen LogP contribution is -2.43. The van der Waals surface area contributed by atoms with Crippen LogP contribution < -0.4 is 5.73 Å². The van der Waals surface area contributed by atoms with E-state index in [0.717, 1.165) is 71.5 Å². The lowest BCUT2D eigenvalue weighted by atomic mass is 9.94. The van der Waals surface area contributed by atoms with Crippen molar-refractivity contribution in [1.82, 2.24) is 14.7 Å². The molecular weight excluding hydrogens is 344 g/mol. The molecule has 0 spiro atoms. The number of rotatable bonds is 6. The molecule has 0 aromatic carbocycles. The van der Waals surface area contributed by atoms with Gasteiger partial charge in [-0.05, 0) is 71.1 Å². The molecule has 2 amide bonds. The van der Waals surface area contributed by atoms with Gasteiger partial charge in [-0.25, -0.2) is 0 Å². The monoisotopic (exact) mass is 380 g/mol. The first-order valence-corrected chi connectivity index (χ1v) is 10.7. The van der Waals surface area contributed by atoms with Gasteiger partial charge in [0.05, 0.1) is 5.60 Å². The highest BCUT2D eigenvalue weighted by molar-refractivity contribution is 5.77. The fourth-order valence-electron chi connectivity index (χ4n) is 4.80. The van der Waals surface area contributed by atoms with Crippen molar-refractivity contribution in [2.24, 2.45) is 11.7 Å². The molecule has 0 aromatic rings. The molecule has 7 heteroatoms. The number of carbonyl (C=O) groups is 2. The predicted molar refractivity (Wildman–Crippen MR) is 104 cm³/mol. The van der Waals surface area contributed by atoms with E-state index in [1.807, 2.05) is 4.90 Å². The van der Waals surface area contributed by atoms with Crippen molar-refractivity contribution in [2.75, 3.05) is 52.4 Å². The summed E-state index contributed by atoms with van der Waals surface area (Å²) in [6.45, 7) is 6.79. The highest BCUT2D eigenvalue weighted by Gasteiger charge is 2.34. The van der Waals surface area contributed by atoms with Crippen LogP contribution >= 0.6 is 0 Å². The quantitative estimate of drug-likeness (QED) is 0.697. The van der Waals surface area contributed by atoms with Crippen LogP contribution in [0.3, 0.4) is 0 Å².